The van der Waals surface area contributed by atoms with E-state index in [9.17, 15) is 19.2 Å². The molecule has 0 aromatic heterocycles. The van der Waals surface area contributed by atoms with Gasteiger partial charge in [0.15, 0.2) is 0 Å². The zero-order chi connectivity index (χ0) is 19.3. The van der Waals surface area contributed by atoms with E-state index >= 15 is 0 Å². The van der Waals surface area contributed by atoms with Crippen molar-refractivity contribution in [2.24, 2.45) is 11.8 Å². The minimum absolute atomic E-state index is 0.105. The van der Waals surface area contributed by atoms with Crippen molar-refractivity contribution in [3.05, 3.63) is 0 Å². The van der Waals surface area contributed by atoms with Gasteiger partial charge >= 0.3 is 170 Å². The summed E-state index contributed by atoms with van der Waals surface area (Å²) in [6, 6.07) is -0.211. The summed E-state index contributed by atoms with van der Waals surface area (Å²) in [5, 5.41) is 0. The van der Waals surface area contributed by atoms with E-state index in [2.05, 4.69) is 0 Å². The van der Waals surface area contributed by atoms with Crippen LogP contribution in [0.3, 0.4) is 0 Å². The Hall–Kier alpha value is -0.621. The van der Waals surface area contributed by atoms with Gasteiger partial charge in [-0.25, -0.2) is 0 Å². The Labute approximate surface area is 169 Å². The summed E-state index contributed by atoms with van der Waals surface area (Å²) in [5.41, 5.74) is 0.307. The number of carbonyl (C=O) groups is 4. The normalized spacial score (nSPS) is 34.9. The van der Waals surface area contributed by atoms with Crippen LogP contribution >= 0.6 is 20.2 Å². The van der Waals surface area contributed by atoms with Gasteiger partial charge in [0, 0.05) is 0 Å². The summed E-state index contributed by atoms with van der Waals surface area (Å²) in [4.78, 5) is 52.7. The summed E-state index contributed by atoms with van der Waals surface area (Å²) in [5.74, 6) is -2.06. The molecule has 2 heterocycles. The van der Waals surface area contributed by atoms with Gasteiger partial charge in [-0.2, -0.15) is 0 Å². The van der Waals surface area contributed by atoms with Crippen LogP contribution < -0.4 is 0 Å². The number of amides is 2. The molecule has 2 amide bonds. The van der Waals surface area contributed by atoms with Crippen molar-refractivity contribution >= 4 is 54.6 Å². The number of likely N-dealkylation sites (tertiary alicyclic amines) is 2. The molecule has 4 rings (SSSR count). The van der Waals surface area contributed by atoms with Crippen molar-refractivity contribution in [3.8, 4) is 0 Å². The zero-order valence-corrected chi connectivity index (χ0v) is 18.3. The number of hydrogen-bond acceptors (Lipinski definition) is 4. The maximum absolute atomic E-state index is 12.5. The number of Topliss-reactive ketones (excluding diaryl/α,β-unsaturated/α-hetero) is 2. The first-order valence-electron chi connectivity index (χ1n) is 9.68. The molecule has 0 radical (unpaired) electrons. The summed E-state index contributed by atoms with van der Waals surface area (Å²) in [7, 11) is 13.4. The van der Waals surface area contributed by atoms with E-state index in [-0.39, 0.29) is 46.4 Å². The molecule has 0 spiro atoms. The molecule has 0 bridgehead atoms. The summed E-state index contributed by atoms with van der Waals surface area (Å²) in [6.45, 7) is 0. The van der Waals surface area contributed by atoms with Gasteiger partial charge < -0.3 is 0 Å². The van der Waals surface area contributed by atoms with Crippen LogP contribution in [0.15, 0.2) is 0 Å². The van der Waals surface area contributed by atoms with Crippen molar-refractivity contribution in [2.75, 3.05) is 10.9 Å². The fraction of sp³-hybridized carbons (Fsp3) is 0.778. The molecule has 9 heteroatoms. The molecular formula is C18H24Cl2N2O4Se. The summed E-state index contributed by atoms with van der Waals surface area (Å²) < 4.78 is 0. The van der Waals surface area contributed by atoms with E-state index in [1.165, 1.54) is 0 Å². The van der Waals surface area contributed by atoms with Gasteiger partial charge in [0.1, 0.15) is 0 Å². The maximum atomic E-state index is 12.5. The van der Waals surface area contributed by atoms with Crippen LogP contribution in [0.4, 0.5) is 0 Å². The molecule has 4 atom stereocenters. The molecule has 0 N–H and O–H groups in total. The SMILES string of the molecule is O=C1C(=O)N(C[Se](Cl)(Cl)CN2C(=O)C(=O)C3CCCCC32)C2CCCCC12. The third-order valence-corrected chi connectivity index (χ3v) is 11.3. The Balaban J connectivity index is 1.49. The van der Waals surface area contributed by atoms with Gasteiger partial charge in [-0.1, -0.05) is 0 Å². The topological polar surface area (TPSA) is 74.8 Å². The molecule has 0 aromatic carbocycles. The number of halogens is 2. The fourth-order valence-corrected chi connectivity index (χ4v) is 10.6. The van der Waals surface area contributed by atoms with Crippen molar-refractivity contribution in [1.82, 2.24) is 9.80 Å². The van der Waals surface area contributed by atoms with Crippen molar-refractivity contribution in [3.63, 3.8) is 0 Å². The van der Waals surface area contributed by atoms with Crippen molar-refractivity contribution in [1.29, 1.82) is 0 Å². The Morgan fingerprint density at radius 1 is 0.704 bits per heavy atom. The molecule has 2 saturated heterocycles. The van der Waals surface area contributed by atoms with Crippen LogP contribution in [0.1, 0.15) is 51.4 Å². The van der Waals surface area contributed by atoms with E-state index < -0.39 is 22.8 Å². The Kier molecular flexibility index (Phi) is 5.34. The second-order valence-electron chi connectivity index (χ2n) is 8.15. The van der Waals surface area contributed by atoms with Gasteiger partial charge in [-0.05, 0) is 0 Å². The van der Waals surface area contributed by atoms with Crippen LogP contribution in [0.5, 0.6) is 0 Å². The van der Waals surface area contributed by atoms with Crippen molar-refractivity contribution in [2.45, 2.75) is 63.5 Å². The fourth-order valence-electron chi connectivity index (χ4n) is 5.24. The molecule has 4 aliphatic rings. The van der Waals surface area contributed by atoms with Gasteiger partial charge in [0.2, 0.25) is 0 Å². The van der Waals surface area contributed by atoms with E-state index in [0.717, 1.165) is 51.4 Å². The van der Waals surface area contributed by atoms with E-state index in [1.807, 2.05) is 0 Å². The Morgan fingerprint density at radius 3 is 1.48 bits per heavy atom. The zero-order valence-electron chi connectivity index (χ0n) is 15.1. The Bertz CT molecular complexity index is 645. The third-order valence-electron chi connectivity index (χ3n) is 6.53. The van der Waals surface area contributed by atoms with Crippen LogP contribution in [0.25, 0.3) is 0 Å². The standard InChI is InChI=1S/C18H24Cl2N2O4Se/c19-27(20,9-21-13-7-3-1-5-11(13)15(23)17(21)25)10-22-14-8-4-2-6-12(14)16(24)18(22)26/h11-14H,1-10H2. The predicted octanol–water partition coefficient (Wildman–Crippen LogP) is 1.92. The second-order valence-corrected chi connectivity index (χ2v) is 19.1. The van der Waals surface area contributed by atoms with Gasteiger partial charge in [-0.3, -0.25) is 0 Å². The number of ketones is 2. The monoisotopic (exact) mass is 482 g/mol. The average Bonchev–Trinajstić information content (AvgIpc) is 3.03. The van der Waals surface area contributed by atoms with Crippen LogP contribution in [0, 0.1) is 11.8 Å². The predicted molar refractivity (Wildman–Crippen MR) is 102 cm³/mol. The Morgan fingerprint density at radius 2 is 1.07 bits per heavy atom. The first-order valence-corrected chi connectivity index (χ1v) is 16.6. The number of carbonyl (C=O) groups excluding carboxylic acids is 4. The van der Waals surface area contributed by atoms with E-state index in [4.69, 9.17) is 20.2 Å². The van der Waals surface area contributed by atoms with Crippen LogP contribution in [0.2, 0.25) is 0 Å². The molecule has 150 valence electrons. The molecule has 27 heavy (non-hydrogen) atoms. The molecule has 4 fully saturated rings. The van der Waals surface area contributed by atoms with Gasteiger partial charge in [0.05, 0.1) is 0 Å². The van der Waals surface area contributed by atoms with Gasteiger partial charge in [-0.15, -0.1) is 0 Å². The number of rotatable bonds is 4. The van der Waals surface area contributed by atoms with Crippen molar-refractivity contribution < 1.29 is 19.2 Å². The number of nitrogens with zero attached hydrogens (tertiary/aromatic N) is 2. The average molecular weight is 482 g/mol. The molecule has 2 saturated carbocycles. The number of hydrogen-bond donors (Lipinski definition) is 0. The molecule has 2 aliphatic heterocycles. The molecule has 6 nitrogen and oxygen atoms in total. The first-order chi connectivity index (χ1) is 12.8. The number of fused-ring (bicyclic) bond motifs is 2. The first kappa shape index (κ1) is 19.7. The second kappa shape index (κ2) is 7.33. The summed E-state index contributed by atoms with van der Waals surface area (Å²) >= 11 is -3.29. The van der Waals surface area contributed by atoms with E-state index in [1.54, 1.807) is 9.80 Å². The quantitative estimate of drug-likeness (QED) is 0.454. The third kappa shape index (κ3) is 3.45. The molecular weight excluding hydrogens is 458 g/mol. The molecule has 0 aromatic rings. The van der Waals surface area contributed by atoms with Crippen LogP contribution in [-0.2, 0) is 19.2 Å². The minimum atomic E-state index is -3.29. The molecule has 4 unspecified atom stereocenters. The van der Waals surface area contributed by atoms with E-state index in [0.29, 0.717) is 0 Å². The summed E-state index contributed by atoms with van der Waals surface area (Å²) in [6.07, 6.45) is 7.00. The van der Waals surface area contributed by atoms with Crippen LogP contribution in [-0.4, -0.2) is 67.2 Å². The molecule has 2 aliphatic carbocycles. The van der Waals surface area contributed by atoms with Gasteiger partial charge in [0.25, 0.3) is 0 Å².